The molecule has 0 unspecified atom stereocenters. The van der Waals surface area contributed by atoms with Gasteiger partial charge in [0, 0.05) is 11.6 Å². The van der Waals surface area contributed by atoms with E-state index in [0.29, 0.717) is 0 Å². The molecule has 0 aliphatic heterocycles. The first kappa shape index (κ1) is 8.77. The summed E-state index contributed by atoms with van der Waals surface area (Å²) in [7, 11) is 0. The molecule has 3 nitrogen and oxygen atoms in total. The molecule has 2 aromatic rings. The molecule has 1 aliphatic rings. The van der Waals surface area contributed by atoms with Crippen LogP contribution in [0.1, 0.15) is 18.4 Å². The first-order chi connectivity index (χ1) is 7.36. The Hall–Kier alpha value is -1.51. The first-order valence-corrected chi connectivity index (χ1v) is 5.56. The fourth-order valence-electron chi connectivity index (χ4n) is 1.91. The van der Waals surface area contributed by atoms with Crippen LogP contribution in [-0.4, -0.2) is 10.5 Å². The Morgan fingerprint density at radius 3 is 3.07 bits per heavy atom. The summed E-state index contributed by atoms with van der Waals surface area (Å²) in [5, 5.41) is 1.13. The van der Waals surface area contributed by atoms with Crippen LogP contribution in [0.15, 0.2) is 29.4 Å². The van der Waals surface area contributed by atoms with Gasteiger partial charge in [0.1, 0.15) is 0 Å². The smallest absolute Gasteiger partial charge is 0.211 e. The molecule has 0 atom stereocenters. The van der Waals surface area contributed by atoms with Crippen molar-refractivity contribution < 1.29 is 4.79 Å². The van der Waals surface area contributed by atoms with Crippen molar-refractivity contribution in [3.8, 4) is 0 Å². The largest absolute Gasteiger partial charge is 0.235 e. The maximum absolute atomic E-state index is 10.4. The van der Waals surface area contributed by atoms with Crippen molar-refractivity contribution in [1.29, 1.82) is 0 Å². The second-order valence-electron chi connectivity index (χ2n) is 3.78. The topological polar surface area (TPSA) is 42.3 Å². The van der Waals surface area contributed by atoms with Crippen LogP contribution in [-0.2, 0) is 10.3 Å². The molecule has 0 N–H and O–H groups in total. The molecule has 3 rings (SSSR count). The fraction of sp³-hybridized carbons (Fsp3) is 0.273. The number of benzene rings is 1. The van der Waals surface area contributed by atoms with Crippen LogP contribution in [0.25, 0.3) is 10.1 Å². The van der Waals surface area contributed by atoms with Crippen LogP contribution in [0.5, 0.6) is 0 Å². The van der Waals surface area contributed by atoms with E-state index in [2.05, 4.69) is 9.37 Å². The number of hydrogen-bond acceptors (Lipinski definition) is 4. The van der Waals surface area contributed by atoms with Crippen LogP contribution in [0.4, 0.5) is 0 Å². The molecular formula is C11H8N2OS. The normalized spacial score (nSPS) is 17.3. The highest BCUT2D eigenvalue weighted by Crippen LogP contribution is 2.51. The lowest BCUT2D eigenvalue weighted by Gasteiger charge is -2.08. The quantitative estimate of drug-likeness (QED) is 0.572. The highest BCUT2D eigenvalue weighted by atomic mass is 32.1. The molecule has 15 heavy (non-hydrogen) atoms. The summed E-state index contributed by atoms with van der Waals surface area (Å²) in [5.41, 5.74) is 0.846. The zero-order valence-electron chi connectivity index (χ0n) is 7.93. The van der Waals surface area contributed by atoms with Gasteiger partial charge in [-0.25, -0.2) is 4.79 Å². The summed E-state index contributed by atoms with van der Waals surface area (Å²) in [6.07, 6.45) is 5.42. The number of fused-ring (bicyclic) bond motifs is 1. The van der Waals surface area contributed by atoms with Crippen molar-refractivity contribution in [3.63, 3.8) is 0 Å². The molecule has 1 heterocycles. The average molecular weight is 216 g/mol. The van der Waals surface area contributed by atoms with Gasteiger partial charge >= 0.3 is 0 Å². The third-order valence-electron chi connectivity index (χ3n) is 2.87. The maximum atomic E-state index is 10.4. The van der Waals surface area contributed by atoms with Crippen molar-refractivity contribution in [1.82, 2.24) is 4.37 Å². The molecule has 0 radical (unpaired) electrons. The molecule has 4 heteroatoms. The van der Waals surface area contributed by atoms with Gasteiger partial charge in [-0.15, -0.1) is 0 Å². The van der Waals surface area contributed by atoms with Crippen LogP contribution in [0.2, 0.25) is 0 Å². The minimum Gasteiger partial charge on any atom is -0.211 e. The SMILES string of the molecule is O=C=NC1(c2cccc3cnsc23)CC1. The van der Waals surface area contributed by atoms with Gasteiger partial charge in [0.15, 0.2) is 0 Å². The Morgan fingerprint density at radius 2 is 2.33 bits per heavy atom. The van der Waals surface area contributed by atoms with Gasteiger partial charge < -0.3 is 0 Å². The van der Waals surface area contributed by atoms with E-state index >= 15 is 0 Å². The molecule has 1 fully saturated rings. The summed E-state index contributed by atoms with van der Waals surface area (Å²) in [6, 6.07) is 6.06. The zero-order chi connectivity index (χ0) is 10.3. The minimum atomic E-state index is -0.284. The molecule has 1 aliphatic carbocycles. The van der Waals surface area contributed by atoms with Gasteiger partial charge in [-0.2, -0.15) is 9.37 Å². The maximum Gasteiger partial charge on any atom is 0.235 e. The number of hydrogen-bond donors (Lipinski definition) is 0. The van der Waals surface area contributed by atoms with Crippen molar-refractivity contribution in [3.05, 3.63) is 30.0 Å². The van der Waals surface area contributed by atoms with Crippen LogP contribution in [0.3, 0.4) is 0 Å². The third kappa shape index (κ3) is 1.23. The van der Waals surface area contributed by atoms with Crippen molar-refractivity contribution in [2.75, 3.05) is 0 Å². The predicted molar refractivity (Wildman–Crippen MR) is 58.7 cm³/mol. The molecule has 0 spiro atoms. The molecule has 0 bridgehead atoms. The van der Waals surface area contributed by atoms with Gasteiger partial charge in [0.2, 0.25) is 6.08 Å². The van der Waals surface area contributed by atoms with Crippen LogP contribution < -0.4 is 0 Å². The van der Waals surface area contributed by atoms with Gasteiger partial charge in [-0.05, 0) is 29.9 Å². The Labute approximate surface area is 90.6 Å². The van der Waals surface area contributed by atoms with Gasteiger partial charge in [-0.3, -0.25) is 0 Å². The lowest BCUT2D eigenvalue weighted by Crippen LogP contribution is -2.01. The summed E-state index contributed by atoms with van der Waals surface area (Å²) < 4.78 is 5.31. The van der Waals surface area contributed by atoms with E-state index in [1.807, 2.05) is 24.4 Å². The van der Waals surface area contributed by atoms with Gasteiger partial charge in [-0.1, -0.05) is 18.2 Å². The lowest BCUT2D eigenvalue weighted by atomic mass is 10.0. The van der Waals surface area contributed by atoms with E-state index in [0.717, 1.165) is 28.5 Å². The minimum absolute atomic E-state index is 0.284. The summed E-state index contributed by atoms with van der Waals surface area (Å²) in [6.45, 7) is 0. The third-order valence-corrected chi connectivity index (χ3v) is 3.71. The van der Waals surface area contributed by atoms with E-state index in [9.17, 15) is 4.79 Å². The summed E-state index contributed by atoms with van der Waals surface area (Å²) in [5.74, 6) is 0. The molecule has 0 amide bonds. The highest BCUT2D eigenvalue weighted by Gasteiger charge is 2.46. The second-order valence-corrected chi connectivity index (χ2v) is 4.59. The van der Waals surface area contributed by atoms with E-state index in [-0.39, 0.29) is 5.54 Å². The van der Waals surface area contributed by atoms with Gasteiger partial charge in [0.05, 0.1) is 10.2 Å². The molecule has 74 valence electrons. The fourth-order valence-corrected chi connectivity index (χ4v) is 2.76. The number of isocyanates is 1. The monoisotopic (exact) mass is 216 g/mol. The Bertz CT molecular complexity index is 565. The first-order valence-electron chi connectivity index (χ1n) is 4.79. The number of rotatable bonds is 2. The van der Waals surface area contributed by atoms with Crippen LogP contribution in [0, 0.1) is 0 Å². The van der Waals surface area contributed by atoms with Gasteiger partial charge in [0.25, 0.3) is 0 Å². The predicted octanol–water partition coefficient (Wildman–Crippen LogP) is 2.62. The molecular weight excluding hydrogens is 208 g/mol. The molecule has 1 saturated carbocycles. The zero-order valence-corrected chi connectivity index (χ0v) is 8.75. The number of aromatic nitrogens is 1. The summed E-state index contributed by atoms with van der Waals surface area (Å²) in [4.78, 5) is 14.3. The van der Waals surface area contributed by atoms with E-state index in [4.69, 9.17) is 0 Å². The lowest BCUT2D eigenvalue weighted by molar-refractivity contribution is 0.556. The molecule has 0 saturated heterocycles. The van der Waals surface area contributed by atoms with E-state index in [1.165, 1.54) is 11.5 Å². The van der Waals surface area contributed by atoms with E-state index in [1.54, 1.807) is 6.08 Å². The standard InChI is InChI=1S/C11H8N2OS/c14-7-12-11(4-5-11)9-3-1-2-8-6-13-15-10(8)9/h1-3,6H,4-5H2. The van der Waals surface area contributed by atoms with Crippen molar-refractivity contribution in [2.45, 2.75) is 18.4 Å². The van der Waals surface area contributed by atoms with Crippen molar-refractivity contribution >= 4 is 27.7 Å². The average Bonchev–Trinajstić information content (AvgIpc) is 2.88. The molecule has 1 aromatic heterocycles. The van der Waals surface area contributed by atoms with E-state index < -0.39 is 0 Å². The Balaban J connectivity index is 2.26. The molecule has 1 aromatic carbocycles. The van der Waals surface area contributed by atoms with Crippen molar-refractivity contribution in [2.24, 2.45) is 4.99 Å². The number of carbonyl (C=O) groups excluding carboxylic acids is 1. The number of nitrogens with zero attached hydrogens (tertiary/aromatic N) is 2. The highest BCUT2D eigenvalue weighted by molar-refractivity contribution is 7.13. The van der Waals surface area contributed by atoms with Crippen LogP contribution >= 0.6 is 11.5 Å². The number of aliphatic imine (C=N–C) groups is 1. The Morgan fingerprint density at radius 1 is 1.47 bits per heavy atom. The summed E-state index contributed by atoms with van der Waals surface area (Å²) >= 11 is 1.47. The second kappa shape index (κ2) is 2.99. The Kier molecular flexibility index (Phi) is 1.75.